The van der Waals surface area contributed by atoms with Gasteiger partial charge in [0.25, 0.3) is 5.91 Å². The van der Waals surface area contributed by atoms with E-state index in [-0.39, 0.29) is 11.0 Å². The molecule has 2 aromatic rings. The van der Waals surface area contributed by atoms with Gasteiger partial charge >= 0.3 is 0 Å². The maximum atomic E-state index is 12.2. The van der Waals surface area contributed by atoms with Crippen LogP contribution >= 0.6 is 23.6 Å². The van der Waals surface area contributed by atoms with Gasteiger partial charge in [-0.3, -0.25) is 15.2 Å². The van der Waals surface area contributed by atoms with E-state index >= 15 is 0 Å². The van der Waals surface area contributed by atoms with E-state index in [1.165, 1.54) is 16.3 Å². The van der Waals surface area contributed by atoms with Crippen LogP contribution in [-0.4, -0.2) is 16.0 Å². The standard InChI is InChI=1S/C14H15N3OS2/c1-10-7-8-20-12(10)13(18)16-17(14(15)19)9-11-5-3-2-4-6-11/h2-8H,9H2,1H3,(H2,15,19)(H,16,18). The maximum Gasteiger partial charge on any atom is 0.280 e. The van der Waals surface area contributed by atoms with Gasteiger partial charge in [0, 0.05) is 0 Å². The molecule has 1 amide bonds. The Morgan fingerprint density at radius 2 is 2.05 bits per heavy atom. The van der Waals surface area contributed by atoms with Crippen LogP contribution in [-0.2, 0) is 6.54 Å². The number of hydrogen-bond donors (Lipinski definition) is 2. The minimum atomic E-state index is -0.193. The first kappa shape index (κ1) is 14.5. The van der Waals surface area contributed by atoms with Gasteiger partial charge in [-0.05, 0) is 41.7 Å². The normalized spacial score (nSPS) is 10.1. The van der Waals surface area contributed by atoms with Crippen molar-refractivity contribution in [3.05, 3.63) is 57.8 Å². The summed E-state index contributed by atoms with van der Waals surface area (Å²) in [7, 11) is 0. The van der Waals surface area contributed by atoms with Crippen LogP contribution in [0.25, 0.3) is 0 Å². The minimum absolute atomic E-state index is 0.136. The van der Waals surface area contributed by atoms with Crippen LogP contribution in [0.3, 0.4) is 0 Å². The smallest absolute Gasteiger partial charge is 0.280 e. The van der Waals surface area contributed by atoms with Crippen molar-refractivity contribution in [3.8, 4) is 0 Å². The van der Waals surface area contributed by atoms with Crippen molar-refractivity contribution in [2.24, 2.45) is 5.73 Å². The summed E-state index contributed by atoms with van der Waals surface area (Å²) in [6.45, 7) is 2.33. The predicted molar refractivity (Wildman–Crippen MR) is 85.3 cm³/mol. The molecule has 1 aromatic heterocycles. The summed E-state index contributed by atoms with van der Waals surface area (Å²) in [5, 5.41) is 3.50. The highest BCUT2D eigenvalue weighted by Gasteiger charge is 2.15. The zero-order chi connectivity index (χ0) is 14.5. The lowest BCUT2D eigenvalue weighted by atomic mass is 10.2. The average molecular weight is 305 g/mol. The maximum absolute atomic E-state index is 12.2. The van der Waals surface area contributed by atoms with E-state index < -0.39 is 0 Å². The Hall–Kier alpha value is -1.92. The van der Waals surface area contributed by atoms with E-state index in [0.29, 0.717) is 11.4 Å². The molecule has 3 N–H and O–H groups in total. The Labute approximate surface area is 127 Å². The van der Waals surface area contributed by atoms with Gasteiger partial charge in [-0.25, -0.2) is 0 Å². The Balaban J connectivity index is 2.09. The summed E-state index contributed by atoms with van der Waals surface area (Å²) in [5.41, 5.74) is 10.4. The number of hydrazine groups is 1. The third-order valence-electron chi connectivity index (χ3n) is 2.75. The van der Waals surface area contributed by atoms with Crippen LogP contribution in [0.1, 0.15) is 20.8 Å². The van der Waals surface area contributed by atoms with Crippen molar-refractivity contribution < 1.29 is 4.79 Å². The van der Waals surface area contributed by atoms with Crippen LogP contribution in [0, 0.1) is 6.92 Å². The average Bonchev–Trinajstić information content (AvgIpc) is 2.85. The second-order valence-corrected chi connectivity index (χ2v) is 5.62. The molecule has 0 saturated heterocycles. The summed E-state index contributed by atoms with van der Waals surface area (Å²) in [5.74, 6) is -0.193. The monoisotopic (exact) mass is 305 g/mol. The fraction of sp³-hybridized carbons (Fsp3) is 0.143. The molecule has 6 heteroatoms. The molecule has 4 nitrogen and oxygen atoms in total. The molecule has 20 heavy (non-hydrogen) atoms. The lowest BCUT2D eigenvalue weighted by Gasteiger charge is -2.23. The van der Waals surface area contributed by atoms with Gasteiger partial charge < -0.3 is 5.73 Å². The SMILES string of the molecule is Cc1ccsc1C(=O)NN(Cc1ccccc1)C(N)=S. The number of benzene rings is 1. The van der Waals surface area contributed by atoms with E-state index in [9.17, 15) is 4.79 Å². The van der Waals surface area contributed by atoms with Gasteiger partial charge in [0.15, 0.2) is 5.11 Å². The molecule has 0 atom stereocenters. The zero-order valence-electron chi connectivity index (χ0n) is 11.0. The molecule has 0 fully saturated rings. The van der Waals surface area contributed by atoms with Crippen LogP contribution < -0.4 is 11.2 Å². The molecular formula is C14H15N3OS2. The molecule has 0 radical (unpaired) electrons. The first-order valence-corrected chi connectivity index (χ1v) is 7.32. The predicted octanol–water partition coefficient (Wildman–Crippen LogP) is 2.45. The first-order valence-electron chi connectivity index (χ1n) is 6.04. The van der Waals surface area contributed by atoms with Crippen LogP contribution in [0.2, 0.25) is 0 Å². The lowest BCUT2D eigenvalue weighted by Crippen LogP contribution is -2.48. The number of aryl methyl sites for hydroxylation is 1. The molecule has 104 valence electrons. The molecule has 0 aliphatic heterocycles. The number of rotatable bonds is 3. The zero-order valence-corrected chi connectivity index (χ0v) is 12.6. The van der Waals surface area contributed by atoms with Crippen LogP contribution in [0.4, 0.5) is 0 Å². The minimum Gasteiger partial charge on any atom is -0.375 e. The van der Waals surface area contributed by atoms with Gasteiger partial charge in [-0.2, -0.15) is 0 Å². The number of hydrogen-bond acceptors (Lipinski definition) is 3. The second kappa shape index (κ2) is 6.49. The van der Waals surface area contributed by atoms with Crippen LogP contribution in [0.5, 0.6) is 0 Å². The summed E-state index contributed by atoms with van der Waals surface area (Å²) in [4.78, 5) is 12.8. The second-order valence-electron chi connectivity index (χ2n) is 4.28. The largest absolute Gasteiger partial charge is 0.375 e. The lowest BCUT2D eigenvalue weighted by molar-refractivity contribution is 0.0870. The van der Waals surface area contributed by atoms with E-state index in [1.54, 1.807) is 0 Å². The number of nitrogens with zero attached hydrogens (tertiary/aromatic N) is 1. The molecule has 0 unspecified atom stereocenters. The molecule has 0 aliphatic rings. The van der Waals surface area contributed by atoms with Crippen molar-refractivity contribution in [1.82, 2.24) is 10.4 Å². The summed E-state index contributed by atoms with van der Waals surface area (Å²) >= 11 is 6.38. The Morgan fingerprint density at radius 1 is 1.35 bits per heavy atom. The molecule has 1 aromatic carbocycles. The van der Waals surface area contributed by atoms with Crippen molar-refractivity contribution in [1.29, 1.82) is 0 Å². The van der Waals surface area contributed by atoms with Gasteiger partial charge in [-0.15, -0.1) is 11.3 Å². The van der Waals surface area contributed by atoms with E-state index in [2.05, 4.69) is 5.43 Å². The first-order chi connectivity index (χ1) is 9.58. The molecule has 0 spiro atoms. The number of thiophene rings is 1. The molecule has 0 bridgehead atoms. The fourth-order valence-corrected chi connectivity index (χ4v) is 2.64. The third kappa shape index (κ3) is 3.55. The van der Waals surface area contributed by atoms with Crippen molar-refractivity contribution in [3.63, 3.8) is 0 Å². The van der Waals surface area contributed by atoms with E-state index in [1.807, 2.05) is 48.7 Å². The highest BCUT2D eigenvalue weighted by molar-refractivity contribution is 7.80. The molecular weight excluding hydrogens is 290 g/mol. The fourth-order valence-electron chi connectivity index (χ4n) is 1.72. The number of nitrogens with one attached hydrogen (secondary N) is 1. The topological polar surface area (TPSA) is 58.4 Å². The van der Waals surface area contributed by atoms with Crippen molar-refractivity contribution in [2.45, 2.75) is 13.5 Å². The Bertz CT molecular complexity index is 610. The number of carbonyl (C=O) groups excluding carboxylic acids is 1. The van der Waals surface area contributed by atoms with Gasteiger partial charge in [-0.1, -0.05) is 30.3 Å². The van der Waals surface area contributed by atoms with Gasteiger partial charge in [0.2, 0.25) is 0 Å². The third-order valence-corrected chi connectivity index (χ3v) is 3.99. The number of nitrogens with two attached hydrogens (primary N) is 1. The van der Waals surface area contributed by atoms with E-state index in [0.717, 1.165) is 11.1 Å². The van der Waals surface area contributed by atoms with Crippen LogP contribution in [0.15, 0.2) is 41.8 Å². The Morgan fingerprint density at radius 3 is 2.60 bits per heavy atom. The summed E-state index contributed by atoms with van der Waals surface area (Å²) < 4.78 is 0. The van der Waals surface area contributed by atoms with Crippen molar-refractivity contribution in [2.75, 3.05) is 0 Å². The molecule has 0 aliphatic carbocycles. The van der Waals surface area contributed by atoms with Crippen molar-refractivity contribution >= 4 is 34.6 Å². The Kier molecular flexibility index (Phi) is 4.70. The highest BCUT2D eigenvalue weighted by atomic mass is 32.1. The quantitative estimate of drug-likeness (QED) is 0.675. The van der Waals surface area contributed by atoms with E-state index in [4.69, 9.17) is 18.0 Å². The molecule has 1 heterocycles. The highest BCUT2D eigenvalue weighted by Crippen LogP contribution is 2.15. The molecule has 2 rings (SSSR count). The number of thiocarbonyl (C=S) groups is 1. The summed E-state index contributed by atoms with van der Waals surface area (Å²) in [6.07, 6.45) is 0. The summed E-state index contributed by atoms with van der Waals surface area (Å²) in [6, 6.07) is 11.6. The molecule has 0 saturated carbocycles. The van der Waals surface area contributed by atoms with Gasteiger partial charge in [0.1, 0.15) is 0 Å². The van der Waals surface area contributed by atoms with Gasteiger partial charge in [0.05, 0.1) is 11.4 Å². The number of carbonyl (C=O) groups is 1. The number of amides is 1.